The van der Waals surface area contributed by atoms with Gasteiger partial charge in [-0.3, -0.25) is 9.59 Å². The Morgan fingerprint density at radius 3 is 2.86 bits per heavy atom. The number of rotatable bonds is 4. The summed E-state index contributed by atoms with van der Waals surface area (Å²) < 4.78 is 13.8. The van der Waals surface area contributed by atoms with Gasteiger partial charge >= 0.3 is 5.97 Å². The predicted octanol–water partition coefficient (Wildman–Crippen LogP) is 0.852. The van der Waals surface area contributed by atoms with Crippen LogP contribution in [0.1, 0.15) is 12.8 Å². The predicted molar refractivity (Wildman–Crippen MR) is 47.5 cm³/mol. The Hall–Kier alpha value is -1.65. The standard InChI is InChI=1S/C9H10FNO3/c10-7-3-4-8(12)11(6-7)5-1-2-9(13)14/h3-4,6H,1-2,5H2,(H,13,14). The molecule has 0 atom stereocenters. The molecule has 5 heteroatoms. The molecule has 1 heterocycles. The summed E-state index contributed by atoms with van der Waals surface area (Å²) in [4.78, 5) is 21.3. The highest BCUT2D eigenvalue weighted by Gasteiger charge is 2.00. The summed E-state index contributed by atoms with van der Waals surface area (Å²) in [6, 6.07) is 2.20. The molecule has 76 valence electrons. The van der Waals surface area contributed by atoms with Gasteiger partial charge in [0.1, 0.15) is 5.82 Å². The van der Waals surface area contributed by atoms with Crippen LogP contribution in [0.5, 0.6) is 0 Å². The number of aromatic nitrogens is 1. The molecular weight excluding hydrogens is 189 g/mol. The molecule has 0 saturated heterocycles. The molecule has 0 fully saturated rings. The average Bonchev–Trinajstić information content (AvgIpc) is 2.10. The fourth-order valence-electron chi connectivity index (χ4n) is 1.08. The van der Waals surface area contributed by atoms with E-state index in [4.69, 9.17) is 5.11 Å². The minimum atomic E-state index is -0.922. The number of hydrogen-bond donors (Lipinski definition) is 1. The molecule has 0 spiro atoms. The zero-order valence-electron chi connectivity index (χ0n) is 7.44. The molecule has 0 aromatic carbocycles. The van der Waals surface area contributed by atoms with E-state index in [1.165, 1.54) is 0 Å². The molecule has 0 aliphatic heterocycles. The van der Waals surface area contributed by atoms with Crippen LogP contribution in [0.4, 0.5) is 4.39 Å². The highest BCUT2D eigenvalue weighted by molar-refractivity contribution is 5.66. The summed E-state index contributed by atoms with van der Waals surface area (Å²) in [6.07, 6.45) is 1.37. The van der Waals surface area contributed by atoms with E-state index < -0.39 is 11.8 Å². The Morgan fingerprint density at radius 1 is 1.50 bits per heavy atom. The quantitative estimate of drug-likeness (QED) is 0.782. The maximum Gasteiger partial charge on any atom is 0.303 e. The first-order valence-electron chi connectivity index (χ1n) is 4.17. The zero-order valence-corrected chi connectivity index (χ0v) is 7.44. The lowest BCUT2D eigenvalue weighted by Crippen LogP contribution is -2.19. The Kier molecular flexibility index (Phi) is 3.39. The third-order valence-corrected chi connectivity index (χ3v) is 1.74. The largest absolute Gasteiger partial charge is 0.481 e. The molecule has 0 bridgehead atoms. The number of aliphatic carboxylic acids is 1. The van der Waals surface area contributed by atoms with Gasteiger partial charge in [0.2, 0.25) is 0 Å². The van der Waals surface area contributed by atoms with Gasteiger partial charge in [-0.1, -0.05) is 0 Å². The fraction of sp³-hybridized carbons (Fsp3) is 0.333. The van der Waals surface area contributed by atoms with Crippen molar-refractivity contribution in [3.63, 3.8) is 0 Å². The number of pyridine rings is 1. The van der Waals surface area contributed by atoms with Crippen LogP contribution in [0.2, 0.25) is 0 Å². The van der Waals surface area contributed by atoms with Gasteiger partial charge in [0.05, 0.1) is 0 Å². The first kappa shape index (κ1) is 10.4. The van der Waals surface area contributed by atoms with Crippen LogP contribution in [-0.2, 0) is 11.3 Å². The molecule has 1 aromatic rings. The maximum absolute atomic E-state index is 12.7. The molecule has 0 radical (unpaired) electrons. The van der Waals surface area contributed by atoms with Gasteiger partial charge in [0.15, 0.2) is 0 Å². The van der Waals surface area contributed by atoms with Crippen molar-refractivity contribution in [2.45, 2.75) is 19.4 Å². The Labute approximate surface area is 79.6 Å². The molecule has 0 amide bonds. The van der Waals surface area contributed by atoms with Crippen LogP contribution >= 0.6 is 0 Å². The van der Waals surface area contributed by atoms with E-state index >= 15 is 0 Å². The first-order valence-corrected chi connectivity index (χ1v) is 4.17. The topological polar surface area (TPSA) is 59.3 Å². The molecule has 4 nitrogen and oxygen atoms in total. The van der Waals surface area contributed by atoms with Crippen molar-refractivity contribution in [2.24, 2.45) is 0 Å². The van der Waals surface area contributed by atoms with Gasteiger partial charge < -0.3 is 9.67 Å². The van der Waals surface area contributed by atoms with E-state index in [-0.39, 0.29) is 18.5 Å². The zero-order chi connectivity index (χ0) is 10.6. The smallest absolute Gasteiger partial charge is 0.303 e. The van der Waals surface area contributed by atoms with Crippen molar-refractivity contribution in [1.82, 2.24) is 4.57 Å². The van der Waals surface area contributed by atoms with E-state index in [0.717, 1.165) is 22.9 Å². The minimum Gasteiger partial charge on any atom is -0.481 e. The van der Waals surface area contributed by atoms with Gasteiger partial charge in [0.25, 0.3) is 5.56 Å². The third-order valence-electron chi connectivity index (χ3n) is 1.74. The van der Waals surface area contributed by atoms with Crippen molar-refractivity contribution in [3.05, 3.63) is 34.5 Å². The molecule has 0 aliphatic rings. The Balaban J connectivity index is 2.62. The Bertz CT molecular complexity index is 386. The number of halogens is 1. The molecule has 14 heavy (non-hydrogen) atoms. The molecule has 0 saturated carbocycles. The van der Waals surface area contributed by atoms with Crippen LogP contribution in [0.25, 0.3) is 0 Å². The second-order valence-corrected chi connectivity index (χ2v) is 2.88. The van der Waals surface area contributed by atoms with Crippen LogP contribution < -0.4 is 5.56 Å². The lowest BCUT2D eigenvalue weighted by atomic mass is 10.3. The van der Waals surface area contributed by atoms with E-state index in [1.807, 2.05) is 0 Å². The number of carbonyl (C=O) groups is 1. The number of aryl methyl sites for hydroxylation is 1. The van der Waals surface area contributed by atoms with Crippen molar-refractivity contribution in [1.29, 1.82) is 0 Å². The summed E-state index contributed by atoms with van der Waals surface area (Å²) in [5, 5.41) is 8.35. The van der Waals surface area contributed by atoms with Crippen LogP contribution in [0, 0.1) is 5.82 Å². The third kappa shape index (κ3) is 3.01. The SMILES string of the molecule is O=C(O)CCCn1cc(F)ccc1=O. The molecular formula is C9H10FNO3. The van der Waals surface area contributed by atoms with Crippen LogP contribution in [-0.4, -0.2) is 15.6 Å². The lowest BCUT2D eigenvalue weighted by Gasteiger charge is -2.03. The Morgan fingerprint density at radius 2 is 2.21 bits per heavy atom. The average molecular weight is 199 g/mol. The monoisotopic (exact) mass is 199 g/mol. The summed E-state index contributed by atoms with van der Waals surface area (Å²) in [5.41, 5.74) is -0.322. The maximum atomic E-state index is 12.7. The highest BCUT2D eigenvalue weighted by atomic mass is 19.1. The van der Waals surface area contributed by atoms with E-state index in [1.54, 1.807) is 0 Å². The summed E-state index contributed by atoms with van der Waals surface area (Å²) >= 11 is 0. The number of hydrogen-bond acceptors (Lipinski definition) is 2. The van der Waals surface area contributed by atoms with Crippen molar-refractivity contribution in [3.8, 4) is 0 Å². The van der Waals surface area contributed by atoms with E-state index in [0.29, 0.717) is 6.42 Å². The van der Waals surface area contributed by atoms with Crippen LogP contribution in [0.15, 0.2) is 23.1 Å². The summed E-state index contributed by atoms with van der Waals surface area (Å²) in [7, 11) is 0. The molecule has 1 rings (SSSR count). The number of nitrogens with zero attached hydrogens (tertiary/aromatic N) is 1. The lowest BCUT2D eigenvalue weighted by molar-refractivity contribution is -0.137. The van der Waals surface area contributed by atoms with Crippen molar-refractivity contribution >= 4 is 5.97 Å². The van der Waals surface area contributed by atoms with Gasteiger partial charge in [-0.2, -0.15) is 0 Å². The highest BCUT2D eigenvalue weighted by Crippen LogP contribution is 1.96. The van der Waals surface area contributed by atoms with Gasteiger partial charge in [-0.15, -0.1) is 0 Å². The summed E-state index contributed by atoms with van der Waals surface area (Å²) in [6.45, 7) is 0.225. The number of carboxylic acid groups (broad SMARTS) is 1. The second kappa shape index (κ2) is 4.55. The summed E-state index contributed by atoms with van der Waals surface area (Å²) in [5.74, 6) is -1.42. The van der Waals surface area contributed by atoms with Gasteiger partial charge in [-0.25, -0.2) is 4.39 Å². The first-order chi connectivity index (χ1) is 6.59. The minimum absolute atomic E-state index is 0.0248. The second-order valence-electron chi connectivity index (χ2n) is 2.88. The van der Waals surface area contributed by atoms with E-state index in [2.05, 4.69) is 0 Å². The van der Waals surface area contributed by atoms with Crippen LogP contribution in [0.3, 0.4) is 0 Å². The van der Waals surface area contributed by atoms with Gasteiger partial charge in [0, 0.05) is 25.2 Å². The fourth-order valence-corrected chi connectivity index (χ4v) is 1.08. The normalized spacial score (nSPS) is 10.1. The van der Waals surface area contributed by atoms with E-state index in [9.17, 15) is 14.0 Å². The molecule has 0 aliphatic carbocycles. The molecule has 1 N–H and O–H groups in total. The van der Waals surface area contributed by atoms with Gasteiger partial charge in [-0.05, 0) is 12.5 Å². The number of carboxylic acids is 1. The van der Waals surface area contributed by atoms with Crippen molar-refractivity contribution in [2.75, 3.05) is 0 Å². The van der Waals surface area contributed by atoms with Crippen molar-refractivity contribution < 1.29 is 14.3 Å². The molecule has 0 unspecified atom stereocenters. The molecule has 1 aromatic heterocycles.